The lowest BCUT2D eigenvalue weighted by atomic mass is 10.2. The van der Waals surface area contributed by atoms with Crippen LogP contribution in [0.2, 0.25) is 0 Å². The Morgan fingerprint density at radius 3 is 2.76 bits per heavy atom. The van der Waals surface area contributed by atoms with E-state index in [0.717, 1.165) is 18.8 Å². The van der Waals surface area contributed by atoms with Crippen molar-refractivity contribution >= 4 is 5.82 Å². The fourth-order valence-corrected chi connectivity index (χ4v) is 1.44. The zero-order valence-corrected chi connectivity index (χ0v) is 9.80. The Bertz CT molecular complexity index is 322. The van der Waals surface area contributed by atoms with Gasteiger partial charge in [-0.15, -0.1) is 5.10 Å². The lowest BCUT2D eigenvalue weighted by Crippen LogP contribution is -2.11. The maximum absolute atomic E-state index is 11.9. The van der Waals surface area contributed by atoms with Crippen LogP contribution in [0.15, 0.2) is 6.20 Å². The van der Waals surface area contributed by atoms with Crippen molar-refractivity contribution < 1.29 is 13.2 Å². The molecule has 0 aliphatic heterocycles. The Kier molecular flexibility index (Phi) is 5.24. The summed E-state index contributed by atoms with van der Waals surface area (Å²) < 4.78 is 37.3. The number of alkyl halides is 3. The molecule has 7 heteroatoms. The third-order valence-electron chi connectivity index (χ3n) is 2.25. The SMILES string of the molecule is CCCn1nncc1NCCCCC(F)(F)F. The lowest BCUT2D eigenvalue weighted by Gasteiger charge is -2.08. The molecule has 0 unspecified atom stereocenters. The van der Waals surface area contributed by atoms with Crippen molar-refractivity contribution in [2.45, 2.75) is 45.3 Å². The fourth-order valence-electron chi connectivity index (χ4n) is 1.44. The van der Waals surface area contributed by atoms with Gasteiger partial charge in [-0.25, -0.2) is 4.68 Å². The summed E-state index contributed by atoms with van der Waals surface area (Å²) in [4.78, 5) is 0. The third kappa shape index (κ3) is 5.55. The minimum absolute atomic E-state index is 0.145. The summed E-state index contributed by atoms with van der Waals surface area (Å²) in [5, 5.41) is 10.7. The summed E-state index contributed by atoms with van der Waals surface area (Å²) in [6.45, 7) is 3.28. The number of anilines is 1. The van der Waals surface area contributed by atoms with E-state index in [1.54, 1.807) is 10.9 Å². The van der Waals surface area contributed by atoms with Gasteiger partial charge in [-0.1, -0.05) is 12.1 Å². The molecule has 17 heavy (non-hydrogen) atoms. The van der Waals surface area contributed by atoms with Crippen molar-refractivity contribution in [2.24, 2.45) is 0 Å². The number of aryl methyl sites for hydroxylation is 1. The van der Waals surface area contributed by atoms with E-state index in [1.807, 2.05) is 6.92 Å². The molecule has 1 rings (SSSR count). The van der Waals surface area contributed by atoms with Gasteiger partial charge in [0.2, 0.25) is 0 Å². The lowest BCUT2D eigenvalue weighted by molar-refractivity contribution is -0.135. The van der Waals surface area contributed by atoms with Crippen LogP contribution in [-0.4, -0.2) is 27.7 Å². The van der Waals surface area contributed by atoms with Crippen LogP contribution in [0.1, 0.15) is 32.6 Å². The average Bonchev–Trinajstić information content (AvgIpc) is 2.64. The first-order chi connectivity index (χ1) is 8.03. The van der Waals surface area contributed by atoms with Crippen LogP contribution in [0.25, 0.3) is 0 Å². The van der Waals surface area contributed by atoms with Crippen molar-refractivity contribution in [1.29, 1.82) is 0 Å². The molecule has 0 aliphatic rings. The molecule has 0 saturated heterocycles. The minimum Gasteiger partial charge on any atom is -0.369 e. The summed E-state index contributed by atoms with van der Waals surface area (Å²) in [6, 6.07) is 0. The normalized spacial score (nSPS) is 11.8. The zero-order chi connectivity index (χ0) is 12.7. The van der Waals surface area contributed by atoms with E-state index < -0.39 is 12.6 Å². The summed E-state index contributed by atoms with van der Waals surface area (Å²) >= 11 is 0. The van der Waals surface area contributed by atoms with Crippen molar-refractivity contribution in [1.82, 2.24) is 15.0 Å². The fraction of sp³-hybridized carbons (Fsp3) is 0.800. The van der Waals surface area contributed by atoms with E-state index in [-0.39, 0.29) is 6.42 Å². The van der Waals surface area contributed by atoms with Gasteiger partial charge in [-0.05, 0) is 19.3 Å². The molecule has 1 heterocycles. The number of unbranched alkanes of at least 4 members (excludes halogenated alkanes) is 1. The van der Waals surface area contributed by atoms with E-state index in [0.29, 0.717) is 13.0 Å². The zero-order valence-electron chi connectivity index (χ0n) is 9.80. The van der Waals surface area contributed by atoms with Gasteiger partial charge < -0.3 is 5.32 Å². The number of nitrogens with zero attached hydrogens (tertiary/aromatic N) is 3. The summed E-state index contributed by atoms with van der Waals surface area (Å²) in [5.41, 5.74) is 0. The van der Waals surface area contributed by atoms with Crippen LogP contribution in [0.5, 0.6) is 0 Å². The van der Waals surface area contributed by atoms with Crippen LogP contribution in [0.4, 0.5) is 19.0 Å². The van der Waals surface area contributed by atoms with Crippen molar-refractivity contribution in [2.75, 3.05) is 11.9 Å². The molecule has 0 aliphatic carbocycles. The molecule has 98 valence electrons. The summed E-state index contributed by atoms with van der Waals surface area (Å²) in [7, 11) is 0. The molecule has 0 fully saturated rings. The molecule has 0 bridgehead atoms. The second-order valence-electron chi connectivity index (χ2n) is 3.84. The predicted octanol–water partition coefficient (Wildman–Crippen LogP) is 2.83. The van der Waals surface area contributed by atoms with Gasteiger partial charge in [0.1, 0.15) is 5.82 Å². The highest BCUT2D eigenvalue weighted by Gasteiger charge is 2.25. The summed E-state index contributed by atoms with van der Waals surface area (Å²) in [6.07, 6.45) is -1.62. The van der Waals surface area contributed by atoms with Crippen molar-refractivity contribution in [3.8, 4) is 0 Å². The monoisotopic (exact) mass is 250 g/mol. The van der Waals surface area contributed by atoms with Crippen molar-refractivity contribution in [3.05, 3.63) is 6.20 Å². The second kappa shape index (κ2) is 6.46. The number of hydrogen-bond donors (Lipinski definition) is 1. The first-order valence-electron chi connectivity index (χ1n) is 5.72. The molecule has 4 nitrogen and oxygen atoms in total. The molecular weight excluding hydrogens is 233 g/mol. The predicted molar refractivity (Wildman–Crippen MR) is 58.7 cm³/mol. The highest BCUT2D eigenvalue weighted by Crippen LogP contribution is 2.22. The number of nitrogens with one attached hydrogen (secondary N) is 1. The van der Waals surface area contributed by atoms with Crippen molar-refractivity contribution in [3.63, 3.8) is 0 Å². The van der Waals surface area contributed by atoms with Gasteiger partial charge in [0.25, 0.3) is 0 Å². The van der Waals surface area contributed by atoms with Gasteiger partial charge in [0.05, 0.1) is 6.20 Å². The molecule has 1 aromatic rings. The first-order valence-corrected chi connectivity index (χ1v) is 5.72. The minimum atomic E-state index is -4.05. The molecular formula is C10H17F3N4. The smallest absolute Gasteiger partial charge is 0.369 e. The van der Waals surface area contributed by atoms with E-state index >= 15 is 0 Å². The number of hydrogen-bond acceptors (Lipinski definition) is 3. The molecule has 1 aromatic heterocycles. The van der Waals surface area contributed by atoms with Crippen LogP contribution >= 0.6 is 0 Å². The van der Waals surface area contributed by atoms with Gasteiger partial charge in [-0.2, -0.15) is 13.2 Å². The third-order valence-corrected chi connectivity index (χ3v) is 2.25. The van der Waals surface area contributed by atoms with Gasteiger partial charge in [-0.3, -0.25) is 0 Å². The van der Waals surface area contributed by atoms with Crippen LogP contribution < -0.4 is 5.32 Å². The van der Waals surface area contributed by atoms with E-state index in [1.165, 1.54) is 0 Å². The molecule has 0 atom stereocenters. The molecule has 0 spiro atoms. The maximum Gasteiger partial charge on any atom is 0.389 e. The van der Waals surface area contributed by atoms with Gasteiger partial charge in [0.15, 0.2) is 0 Å². The molecule has 0 aromatic carbocycles. The Hall–Kier alpha value is -1.27. The van der Waals surface area contributed by atoms with Gasteiger partial charge >= 0.3 is 6.18 Å². The number of halogens is 3. The van der Waals surface area contributed by atoms with E-state index in [9.17, 15) is 13.2 Å². The Morgan fingerprint density at radius 2 is 2.12 bits per heavy atom. The quantitative estimate of drug-likeness (QED) is 0.757. The second-order valence-corrected chi connectivity index (χ2v) is 3.84. The highest BCUT2D eigenvalue weighted by atomic mass is 19.4. The molecule has 0 amide bonds. The summed E-state index contributed by atoms with van der Waals surface area (Å²) in [5.74, 6) is 0.763. The topological polar surface area (TPSA) is 42.7 Å². The largest absolute Gasteiger partial charge is 0.389 e. The van der Waals surface area contributed by atoms with E-state index in [4.69, 9.17) is 0 Å². The first kappa shape index (κ1) is 13.8. The maximum atomic E-state index is 11.9. The molecule has 1 N–H and O–H groups in total. The molecule has 0 saturated carbocycles. The van der Waals surface area contributed by atoms with Crippen LogP contribution in [-0.2, 0) is 6.54 Å². The Labute approximate surface area is 98.2 Å². The molecule has 0 radical (unpaired) electrons. The standard InChI is InChI=1S/C10H17F3N4/c1-2-7-17-9(8-15-16-17)14-6-4-3-5-10(11,12)13/h8,14H,2-7H2,1H3. The van der Waals surface area contributed by atoms with Crippen LogP contribution in [0, 0.1) is 0 Å². The number of aromatic nitrogens is 3. The average molecular weight is 250 g/mol. The van der Waals surface area contributed by atoms with Crippen LogP contribution in [0.3, 0.4) is 0 Å². The van der Waals surface area contributed by atoms with Gasteiger partial charge in [0, 0.05) is 19.5 Å². The Morgan fingerprint density at radius 1 is 1.35 bits per heavy atom. The van der Waals surface area contributed by atoms with E-state index in [2.05, 4.69) is 15.6 Å². The number of rotatable bonds is 7. The Balaban J connectivity index is 2.20. The highest BCUT2D eigenvalue weighted by molar-refractivity contribution is 5.30.